The van der Waals surface area contributed by atoms with E-state index in [0.717, 1.165) is 59.4 Å². The Balaban J connectivity index is 1.61. The van der Waals surface area contributed by atoms with Crippen LogP contribution in [0.4, 0.5) is 4.79 Å². The Bertz CT molecular complexity index is 1240. The molecule has 0 spiro atoms. The van der Waals surface area contributed by atoms with Crippen molar-refractivity contribution < 1.29 is 24.2 Å². The van der Waals surface area contributed by atoms with Gasteiger partial charge in [0.05, 0.1) is 37.2 Å². The molecule has 1 aromatic heterocycles. The Kier molecular flexibility index (Phi) is 6.47. The number of aryl methyl sites for hydroxylation is 1. The number of imidazole rings is 1. The van der Waals surface area contributed by atoms with E-state index in [4.69, 9.17) is 14.5 Å². The van der Waals surface area contributed by atoms with Crippen LogP contribution in [-0.2, 0) is 33.8 Å². The number of hydrogen-bond acceptors (Lipinski definition) is 5. The normalized spacial score (nSPS) is 18.8. The first-order valence-electron chi connectivity index (χ1n) is 12.2. The second-order valence-electron chi connectivity index (χ2n) is 9.51. The first kappa shape index (κ1) is 23.4. The number of carbonyl (C=O) groups is 2. The maximum Gasteiger partial charge on any atom is 0.409 e. The fraction of sp³-hybridized carbons (Fsp3) is 0.444. The van der Waals surface area contributed by atoms with Crippen molar-refractivity contribution in [2.45, 2.75) is 51.1 Å². The van der Waals surface area contributed by atoms with Crippen LogP contribution in [0.3, 0.4) is 0 Å². The lowest BCUT2D eigenvalue weighted by Crippen LogP contribution is -2.35. The number of carboxylic acid groups (broad SMARTS) is 1. The van der Waals surface area contributed by atoms with E-state index in [1.165, 1.54) is 12.7 Å². The number of methoxy groups -OCH3 is 1. The maximum absolute atomic E-state index is 12.4. The lowest BCUT2D eigenvalue weighted by molar-refractivity contribution is -0.139. The van der Waals surface area contributed by atoms with Crippen LogP contribution in [0.2, 0.25) is 0 Å². The van der Waals surface area contributed by atoms with Crippen LogP contribution in [0.5, 0.6) is 0 Å². The summed E-state index contributed by atoms with van der Waals surface area (Å²) in [6, 6.07) is 11.8. The SMILES string of the molecule is COC(=O)N1CCc2ccc3c(nc(C4CCCOC4)n3C[C@@H](C(=O)O)c3ccc(C)cc3)c2C1. The summed E-state index contributed by atoms with van der Waals surface area (Å²) in [7, 11) is 1.39. The highest BCUT2D eigenvalue weighted by Gasteiger charge is 2.30. The number of ether oxygens (including phenoxy) is 2. The third-order valence-electron chi connectivity index (χ3n) is 7.25. The largest absolute Gasteiger partial charge is 0.481 e. The highest BCUT2D eigenvalue weighted by molar-refractivity contribution is 5.83. The molecule has 35 heavy (non-hydrogen) atoms. The molecule has 0 aliphatic carbocycles. The molecule has 3 aromatic rings. The van der Waals surface area contributed by atoms with E-state index in [-0.39, 0.29) is 18.6 Å². The molecule has 5 rings (SSSR count). The van der Waals surface area contributed by atoms with Crippen molar-refractivity contribution in [3.63, 3.8) is 0 Å². The van der Waals surface area contributed by atoms with Crippen molar-refractivity contribution in [3.8, 4) is 0 Å². The van der Waals surface area contributed by atoms with Gasteiger partial charge in [-0.2, -0.15) is 0 Å². The first-order chi connectivity index (χ1) is 17.0. The Hall–Kier alpha value is -3.39. The zero-order valence-corrected chi connectivity index (χ0v) is 20.2. The minimum atomic E-state index is -0.864. The van der Waals surface area contributed by atoms with Crippen molar-refractivity contribution in [2.75, 3.05) is 26.9 Å². The van der Waals surface area contributed by atoms with E-state index in [9.17, 15) is 14.7 Å². The second kappa shape index (κ2) is 9.70. The number of aromatic nitrogens is 2. The van der Waals surface area contributed by atoms with Crippen molar-refractivity contribution in [1.29, 1.82) is 0 Å². The lowest BCUT2D eigenvalue weighted by Gasteiger charge is -2.27. The highest BCUT2D eigenvalue weighted by Crippen LogP contribution is 2.34. The maximum atomic E-state index is 12.4. The van der Waals surface area contributed by atoms with E-state index >= 15 is 0 Å². The average Bonchev–Trinajstić information content (AvgIpc) is 3.26. The summed E-state index contributed by atoms with van der Waals surface area (Å²) in [4.78, 5) is 31.4. The van der Waals surface area contributed by atoms with Crippen LogP contribution in [0.25, 0.3) is 11.0 Å². The number of rotatable bonds is 5. The van der Waals surface area contributed by atoms with E-state index < -0.39 is 11.9 Å². The number of hydrogen-bond donors (Lipinski definition) is 1. The number of nitrogens with zero attached hydrogens (tertiary/aromatic N) is 3. The monoisotopic (exact) mass is 477 g/mol. The van der Waals surface area contributed by atoms with Gasteiger partial charge in [0.15, 0.2) is 0 Å². The van der Waals surface area contributed by atoms with Crippen LogP contribution in [-0.4, -0.2) is 58.5 Å². The van der Waals surface area contributed by atoms with Gasteiger partial charge in [-0.3, -0.25) is 4.79 Å². The van der Waals surface area contributed by atoms with Crippen molar-refractivity contribution in [2.24, 2.45) is 0 Å². The predicted octanol–water partition coefficient (Wildman–Crippen LogP) is 4.23. The molecule has 0 radical (unpaired) electrons. The summed E-state index contributed by atoms with van der Waals surface area (Å²) < 4.78 is 12.8. The molecule has 2 aliphatic rings. The molecule has 1 amide bonds. The van der Waals surface area contributed by atoms with Crippen LogP contribution >= 0.6 is 0 Å². The van der Waals surface area contributed by atoms with Gasteiger partial charge in [-0.15, -0.1) is 0 Å². The third-order valence-corrected chi connectivity index (χ3v) is 7.25. The molecule has 2 aliphatic heterocycles. The van der Waals surface area contributed by atoms with E-state index in [1.807, 2.05) is 31.2 Å². The Morgan fingerprint density at radius 3 is 2.71 bits per heavy atom. The van der Waals surface area contributed by atoms with Crippen LogP contribution in [0, 0.1) is 6.92 Å². The molecule has 184 valence electrons. The first-order valence-corrected chi connectivity index (χ1v) is 12.2. The van der Waals surface area contributed by atoms with Gasteiger partial charge in [0, 0.05) is 31.2 Å². The molecule has 0 saturated carbocycles. The fourth-order valence-corrected chi connectivity index (χ4v) is 5.28. The molecule has 2 atom stereocenters. The van der Waals surface area contributed by atoms with Crippen LogP contribution < -0.4 is 0 Å². The molecule has 8 nitrogen and oxygen atoms in total. The van der Waals surface area contributed by atoms with Gasteiger partial charge < -0.3 is 24.0 Å². The van der Waals surface area contributed by atoms with Crippen LogP contribution in [0.1, 0.15) is 52.8 Å². The van der Waals surface area contributed by atoms with Gasteiger partial charge in [-0.05, 0) is 43.4 Å². The summed E-state index contributed by atoms with van der Waals surface area (Å²) in [5, 5.41) is 10.2. The van der Waals surface area contributed by atoms with Gasteiger partial charge >= 0.3 is 12.1 Å². The van der Waals surface area contributed by atoms with Gasteiger partial charge in [-0.1, -0.05) is 35.9 Å². The standard InChI is InChI=1S/C27H31N3O5/c1-17-5-7-18(8-6-17)22(26(31)32)15-30-23-10-9-19-11-12-29(27(33)34-2)14-21(19)24(23)28-25(30)20-4-3-13-35-16-20/h5-10,20,22H,3-4,11-16H2,1-2H3,(H,31,32)/t20?,22-/m1/s1. The molecule has 1 unspecified atom stereocenters. The zero-order chi connectivity index (χ0) is 24.5. The molecule has 3 heterocycles. The molecule has 1 saturated heterocycles. The number of benzene rings is 2. The summed E-state index contributed by atoms with van der Waals surface area (Å²) in [5.74, 6) is -0.614. The highest BCUT2D eigenvalue weighted by atomic mass is 16.5. The molecule has 1 fully saturated rings. The molecule has 1 N–H and O–H groups in total. The quantitative estimate of drug-likeness (QED) is 0.591. The number of fused-ring (bicyclic) bond motifs is 3. The minimum absolute atomic E-state index is 0.0968. The molecular formula is C27H31N3O5. The van der Waals surface area contributed by atoms with E-state index in [1.54, 1.807) is 4.90 Å². The van der Waals surface area contributed by atoms with Gasteiger partial charge in [0.1, 0.15) is 5.82 Å². The van der Waals surface area contributed by atoms with E-state index in [2.05, 4.69) is 16.7 Å². The van der Waals surface area contributed by atoms with Crippen molar-refractivity contribution in [3.05, 3.63) is 64.5 Å². The second-order valence-corrected chi connectivity index (χ2v) is 9.51. The Labute approximate surface area is 204 Å². The van der Waals surface area contributed by atoms with Gasteiger partial charge in [-0.25, -0.2) is 9.78 Å². The number of carboxylic acids is 1. The number of carbonyl (C=O) groups excluding carboxylic acids is 1. The van der Waals surface area contributed by atoms with Crippen molar-refractivity contribution in [1.82, 2.24) is 14.5 Å². The summed E-state index contributed by atoms with van der Waals surface area (Å²) >= 11 is 0. The summed E-state index contributed by atoms with van der Waals surface area (Å²) in [6.45, 7) is 4.61. The summed E-state index contributed by atoms with van der Waals surface area (Å²) in [6.07, 6.45) is 2.28. The number of aliphatic carboxylic acids is 1. The molecule has 0 bridgehead atoms. The zero-order valence-electron chi connectivity index (χ0n) is 20.2. The Morgan fingerprint density at radius 1 is 1.23 bits per heavy atom. The minimum Gasteiger partial charge on any atom is -0.481 e. The van der Waals surface area contributed by atoms with Gasteiger partial charge in [0.25, 0.3) is 0 Å². The topological polar surface area (TPSA) is 93.9 Å². The van der Waals surface area contributed by atoms with Crippen LogP contribution in [0.15, 0.2) is 36.4 Å². The Morgan fingerprint density at radius 2 is 2.03 bits per heavy atom. The van der Waals surface area contributed by atoms with Crippen molar-refractivity contribution >= 4 is 23.1 Å². The smallest absolute Gasteiger partial charge is 0.409 e. The third kappa shape index (κ3) is 4.50. The van der Waals surface area contributed by atoms with E-state index in [0.29, 0.717) is 19.7 Å². The molecule has 2 aromatic carbocycles. The molecule has 8 heteroatoms. The number of amides is 1. The lowest BCUT2D eigenvalue weighted by atomic mass is 9.96. The molecular weight excluding hydrogens is 446 g/mol. The predicted molar refractivity (Wildman–Crippen MR) is 131 cm³/mol. The average molecular weight is 478 g/mol. The summed E-state index contributed by atoms with van der Waals surface area (Å²) in [5.41, 5.74) is 5.78. The fourth-order valence-electron chi connectivity index (χ4n) is 5.28. The van der Waals surface area contributed by atoms with Gasteiger partial charge in [0.2, 0.25) is 0 Å².